The minimum atomic E-state index is -1.10. The number of carboxylic acids is 2. The number of carboxylic acid groups (broad SMARTS) is 3. The maximum atomic E-state index is 12.3. The van der Waals surface area contributed by atoms with Crippen LogP contribution >= 0.6 is 15.9 Å². The number of rotatable bonds is 30. The van der Waals surface area contributed by atoms with Crippen LogP contribution in [0, 0.1) is 0 Å². The molecule has 3 amide bonds. The van der Waals surface area contributed by atoms with E-state index in [4.69, 9.17) is 91.7 Å². The molecule has 12 aromatic heterocycles. The molecular formula is C80H112B2BrK2N29O22. The van der Waals surface area contributed by atoms with Gasteiger partial charge in [0.05, 0.1) is 66.3 Å². The predicted octanol–water partition coefficient (Wildman–Crippen LogP) is 1.87. The van der Waals surface area contributed by atoms with Gasteiger partial charge in [-0.05, 0) is 91.4 Å². The van der Waals surface area contributed by atoms with E-state index in [1.165, 1.54) is 111 Å². The van der Waals surface area contributed by atoms with Crippen LogP contribution in [-0.2, 0) is 54.9 Å². The predicted molar refractivity (Wildman–Crippen MR) is 508 cm³/mol. The van der Waals surface area contributed by atoms with Crippen molar-refractivity contribution in [3.63, 3.8) is 0 Å². The molecule has 724 valence electrons. The SMILES string of the molecule is C.C.CCCCOc1nc(N)c2nc(Br)n(Cc3ccc(OCC(=O)N(C)C)nc3)c2n1.CCCCOc1nc(N)c2nc(OC)n(Cc3ccc(OCC(=O)O)nc3)c2n1.CCOC(=O)CO.CN(C)C(=O)O.CNC.NCCCOc1nc(N)c2[nH]c(=O)n(Cc3ccc(OCC(=O)O)nc3)c2n1.Nc1nc2nc3c1[nH]c(=O)n3Cc1ccc(nc1)OCC(=O)NCCCO2.[B][B].[K][K]. The van der Waals surface area contributed by atoms with E-state index in [0.29, 0.717) is 138 Å². The molecule has 0 unspecified atom stereocenters. The number of carbonyl (C=O) groups is 6. The number of anilines is 4. The molecule has 2 aliphatic rings. The second kappa shape index (κ2) is 63.5. The molecule has 51 nitrogen and oxygen atoms in total. The van der Waals surface area contributed by atoms with Crippen LogP contribution < -0.4 is 93.3 Å². The number of aliphatic hydroxyl groups excluding tert-OH is 1. The summed E-state index contributed by atoms with van der Waals surface area (Å²) >= 11 is 5.96. The fourth-order valence-electron chi connectivity index (χ4n) is 10.4. The quantitative estimate of drug-likeness (QED) is 0.0132. The van der Waals surface area contributed by atoms with Crippen LogP contribution in [0.25, 0.3) is 44.7 Å². The average Bonchev–Trinajstić information content (AvgIpc) is 1.65. The third-order valence-electron chi connectivity index (χ3n) is 16.7. The number of imidazole rings is 4. The third-order valence-corrected chi connectivity index (χ3v) is 17.3. The van der Waals surface area contributed by atoms with Crippen LogP contribution in [0.3, 0.4) is 0 Å². The van der Waals surface area contributed by atoms with E-state index in [2.05, 4.69) is 140 Å². The van der Waals surface area contributed by atoms with Crippen molar-refractivity contribution >= 4 is 198 Å². The average molecular weight is 2010 g/mol. The van der Waals surface area contributed by atoms with Crippen molar-refractivity contribution in [2.24, 2.45) is 5.73 Å². The molecule has 2 aliphatic heterocycles. The standard InChI is InChI=1S/C19H24BrN7O3.C18H22N6O5.C16H19N7O5.C16H17N7O4.C4H8O3.C3H7NO2.C2H7N.2CH4.B2.2K/c1-4-5-8-29-19-24-16(21)15-17(25-19)27(18(20)23-15)10-12-6-7-13(22-9-12)30-11-14(28)26(2)3;1-3-4-7-28-17-22-15(19)14-16(23-17)24(18(21-14)27-2)9-11-5-6-12(20-8-11)29-10-13(25)26;17-4-1-5-27-15-21-13(18)12-14(22-15)23(16(26)20-12)7-9-2-3-10(19-6-9)28-8-11(24)25;17-13-12-14-22-15(21-13)26-5-1-4-18-10(24)8-27-11-3-2-9(6-19-11)7-23(14)16(25)20-12;1-2-7-4(6)3-5;1-4(2)3(5)6;1-3-2;;;1-2;;/h6-7,9H,4-5,8,10-11H2,1-3H3,(H2,21,24,25);5-6,8H,3-4,7,9-10H2,1-2H3,(H,25,26)(H2,19,22,23);2-3,6H,1,4-5,7-8,17H2,(H,20,26)(H,24,25)(H2,18,21,22);2-3,6H,1,4-5,7-8H2,(H,18,24)(H,20,25)(H2,17,21,22);5H,2-3H2,1H3;1-2H3,(H,5,6);3H,1-2H3;2*1H4;;;. The molecule has 0 saturated heterocycles. The van der Waals surface area contributed by atoms with Gasteiger partial charge in [-0.2, -0.15) is 44.9 Å². The number of nitrogens with two attached hydrogens (primary N) is 5. The van der Waals surface area contributed by atoms with E-state index < -0.39 is 49.5 Å². The number of fused-ring (bicyclic) bond motifs is 12. The molecule has 56 heteroatoms. The van der Waals surface area contributed by atoms with Gasteiger partial charge in [-0.3, -0.25) is 27.9 Å². The fourth-order valence-corrected chi connectivity index (χ4v) is 10.8. The van der Waals surface area contributed by atoms with E-state index in [-0.39, 0.29) is 124 Å². The van der Waals surface area contributed by atoms with Crippen molar-refractivity contribution in [2.75, 3.05) is 151 Å². The first-order chi connectivity index (χ1) is 64.3. The number of halogens is 1. The molecule has 4 radical (unpaired) electrons. The number of amides is 3. The van der Waals surface area contributed by atoms with Gasteiger partial charge in [0.25, 0.3) is 17.8 Å². The molecule has 136 heavy (non-hydrogen) atoms. The van der Waals surface area contributed by atoms with Gasteiger partial charge in [0.2, 0.25) is 23.5 Å². The summed E-state index contributed by atoms with van der Waals surface area (Å²) in [6.07, 6.45) is 10.3. The van der Waals surface area contributed by atoms with Crippen molar-refractivity contribution in [1.29, 1.82) is 0 Å². The molecule has 0 aromatic carbocycles. The Balaban J connectivity index is 0.000000435. The van der Waals surface area contributed by atoms with E-state index in [0.717, 1.165) is 47.3 Å². The first-order valence-corrected chi connectivity index (χ1v) is 57.9. The number of esters is 1. The summed E-state index contributed by atoms with van der Waals surface area (Å²) < 4.78 is 59.5. The molecule has 18 N–H and O–H groups in total. The molecule has 0 atom stereocenters. The Morgan fingerprint density at radius 3 is 1.50 bits per heavy atom. The summed E-state index contributed by atoms with van der Waals surface area (Å²) in [5.41, 5.74) is 34.9. The second-order valence-corrected chi connectivity index (χ2v) is 28.0. The Morgan fingerprint density at radius 1 is 0.574 bits per heavy atom. The van der Waals surface area contributed by atoms with Crippen LogP contribution in [0.2, 0.25) is 0 Å². The van der Waals surface area contributed by atoms with Gasteiger partial charge in [-0.15, -0.1) is 0 Å². The van der Waals surface area contributed by atoms with E-state index in [1.54, 1.807) is 80.6 Å². The molecule has 14 rings (SSSR count). The fraction of sp³-hybridized carbons (Fsp3) is 0.425. The summed E-state index contributed by atoms with van der Waals surface area (Å²) in [4.78, 5) is 156. The van der Waals surface area contributed by atoms with Crippen molar-refractivity contribution in [1.82, 2.24) is 118 Å². The normalized spacial score (nSPS) is 11.0. The van der Waals surface area contributed by atoms with Crippen molar-refractivity contribution in [3.8, 4) is 53.6 Å². The van der Waals surface area contributed by atoms with Crippen LogP contribution in [-0.4, -0.2) is 371 Å². The van der Waals surface area contributed by atoms with Gasteiger partial charge in [-0.1, -0.05) is 65.8 Å². The number of aliphatic hydroxyl groups is 1. The Bertz CT molecular complexity index is 5830. The number of carbonyl (C=O) groups excluding carboxylic acids is 3. The number of unbranched alkanes of at least 4 members (excludes halogenated alkanes) is 2. The Hall–Kier alpha value is -11.8. The molecule has 0 saturated carbocycles. The first-order valence-electron chi connectivity index (χ1n) is 41.1. The Kier molecular flexibility index (Phi) is 55.3. The number of nitrogen functional groups attached to an aromatic ring is 4. The summed E-state index contributed by atoms with van der Waals surface area (Å²) in [6.45, 7) is 8.18. The molecule has 4 bridgehead atoms. The monoisotopic (exact) mass is 2010 g/mol. The molecule has 0 spiro atoms. The van der Waals surface area contributed by atoms with Crippen LogP contribution in [0.4, 0.5) is 28.1 Å². The number of aliphatic carboxylic acids is 2. The maximum absolute atomic E-state index is 12.3. The zero-order chi connectivity index (χ0) is 98.9. The minimum absolute atomic E-state index is 0. The van der Waals surface area contributed by atoms with Gasteiger partial charge in [-0.25, -0.2) is 53.7 Å². The number of ether oxygens (including phenoxy) is 10. The number of nitrogens with zero attached hydrogens (tertiary/aromatic N) is 20. The molecule has 12 aromatic rings. The molecule has 0 fully saturated rings. The Labute approximate surface area is 837 Å². The number of hydrogen-bond acceptors (Lipinski definition) is 39. The topological polar surface area (TPSA) is 702 Å². The number of likely N-dealkylation sites (N-methyl/N-ethyl adjacent to an activating group) is 1. The van der Waals surface area contributed by atoms with Gasteiger partial charge in [0.15, 0.2) is 88.1 Å². The zero-order valence-corrected chi connectivity index (χ0v) is 83.8. The number of nitrogens with one attached hydrogen (secondary N) is 4. The van der Waals surface area contributed by atoms with E-state index in [9.17, 15) is 38.4 Å². The summed E-state index contributed by atoms with van der Waals surface area (Å²) in [5.74, 6) is -1.36. The van der Waals surface area contributed by atoms with Crippen LogP contribution in [0.1, 0.15) is 96.4 Å². The summed E-state index contributed by atoms with van der Waals surface area (Å²) in [6, 6.07) is 14.4. The number of pyridine rings is 4. The molecule has 0 aliphatic carbocycles. The number of H-pyrrole nitrogens is 2. The first kappa shape index (κ1) is 118. The van der Waals surface area contributed by atoms with Gasteiger partial charge in [0.1, 0.15) is 17.6 Å². The Morgan fingerprint density at radius 2 is 1.04 bits per heavy atom. The third kappa shape index (κ3) is 39.1. The molecule has 14 heterocycles. The zero-order valence-electron chi connectivity index (χ0n) is 76.0. The van der Waals surface area contributed by atoms with Crippen LogP contribution in [0.5, 0.6) is 53.6 Å². The molecular weight excluding hydrogens is 1900 g/mol. The number of hydrogen-bond donors (Lipinski definition) is 13. The van der Waals surface area contributed by atoms with Crippen molar-refractivity contribution < 1.29 is 96.6 Å². The van der Waals surface area contributed by atoms with Crippen molar-refractivity contribution in [2.45, 2.75) is 100 Å². The number of aromatic amines is 2. The second-order valence-electron chi connectivity index (χ2n) is 27.3. The van der Waals surface area contributed by atoms with E-state index in [1.807, 2.05) is 24.7 Å². The summed E-state index contributed by atoms with van der Waals surface area (Å²) in [7, 11) is 19.5. The van der Waals surface area contributed by atoms with E-state index >= 15 is 0 Å². The van der Waals surface area contributed by atoms with Gasteiger partial charge < -0.3 is 127 Å². The number of methoxy groups -OCH3 is 1. The van der Waals surface area contributed by atoms with Crippen LogP contribution in [0.15, 0.2) is 87.6 Å². The van der Waals surface area contributed by atoms with Gasteiger partial charge in [0, 0.05) is 99.3 Å². The van der Waals surface area contributed by atoms with Gasteiger partial charge >= 0.3 is 123 Å². The van der Waals surface area contributed by atoms with Crippen molar-refractivity contribution in [3.05, 3.63) is 121 Å². The number of aromatic nitrogens is 20. The summed E-state index contributed by atoms with van der Waals surface area (Å²) in [5, 5.41) is 38.6.